The molecule has 6 nitrogen and oxygen atoms in total. The van der Waals surface area contributed by atoms with Crippen LogP contribution in [0.25, 0.3) is 0 Å². The molecule has 8 heteroatoms. The second kappa shape index (κ2) is 8.03. The number of anilines is 2. The molecule has 0 bridgehead atoms. The Morgan fingerprint density at radius 3 is 2.29 bits per heavy atom. The molecule has 0 saturated carbocycles. The average Bonchev–Trinajstić information content (AvgIpc) is 2.77. The fraction of sp³-hybridized carbons (Fsp3) is 0.174. The standard InChI is InChI=1S/C23H21FN2O4S/c1-3-16-8-11-18(12-9-16)26-23(27)25(15-17-10-13-21(30-2)19(24)14-17)20-6-4-5-7-22(20)31(26,28)29/h4-14H,3,15H2,1-2H3. The number of aryl methyl sites for hydroxylation is 1. The van der Waals surface area contributed by atoms with Crippen molar-refractivity contribution in [2.45, 2.75) is 24.8 Å². The van der Waals surface area contributed by atoms with Gasteiger partial charge in [-0.3, -0.25) is 4.90 Å². The van der Waals surface area contributed by atoms with E-state index in [1.165, 1.54) is 30.2 Å². The summed E-state index contributed by atoms with van der Waals surface area (Å²) in [6, 6.07) is 16.8. The van der Waals surface area contributed by atoms with E-state index in [0.717, 1.165) is 16.3 Å². The first kappa shape index (κ1) is 20.9. The number of benzene rings is 3. The zero-order chi connectivity index (χ0) is 22.2. The van der Waals surface area contributed by atoms with E-state index in [1.54, 1.807) is 48.5 Å². The van der Waals surface area contributed by atoms with Gasteiger partial charge in [0.15, 0.2) is 11.6 Å². The molecule has 31 heavy (non-hydrogen) atoms. The molecule has 1 heterocycles. The number of carbonyl (C=O) groups is 1. The fourth-order valence-corrected chi connectivity index (χ4v) is 5.17. The molecule has 2 amide bonds. The first-order valence-electron chi connectivity index (χ1n) is 9.74. The summed E-state index contributed by atoms with van der Waals surface area (Å²) in [5.74, 6) is -0.466. The molecule has 160 valence electrons. The van der Waals surface area contributed by atoms with Crippen LogP contribution in [0.1, 0.15) is 18.1 Å². The minimum absolute atomic E-state index is 0.00414. The number of urea groups is 1. The van der Waals surface area contributed by atoms with Crippen LogP contribution in [-0.2, 0) is 23.0 Å². The zero-order valence-corrected chi connectivity index (χ0v) is 17.9. The number of hydrogen-bond acceptors (Lipinski definition) is 4. The van der Waals surface area contributed by atoms with Crippen molar-refractivity contribution in [2.75, 3.05) is 16.3 Å². The zero-order valence-electron chi connectivity index (χ0n) is 17.1. The lowest BCUT2D eigenvalue weighted by Crippen LogP contribution is -2.50. The van der Waals surface area contributed by atoms with E-state index in [1.807, 2.05) is 6.92 Å². The molecule has 1 aliphatic rings. The van der Waals surface area contributed by atoms with Gasteiger partial charge in [0.25, 0.3) is 10.0 Å². The quantitative estimate of drug-likeness (QED) is 0.575. The highest BCUT2D eigenvalue weighted by molar-refractivity contribution is 7.94. The van der Waals surface area contributed by atoms with E-state index in [9.17, 15) is 17.6 Å². The van der Waals surface area contributed by atoms with Crippen LogP contribution >= 0.6 is 0 Å². The number of halogens is 1. The second-order valence-electron chi connectivity index (χ2n) is 7.09. The third-order valence-corrected chi connectivity index (χ3v) is 6.96. The van der Waals surface area contributed by atoms with Gasteiger partial charge in [-0.1, -0.05) is 37.3 Å². The van der Waals surface area contributed by atoms with Crippen LogP contribution in [0.15, 0.2) is 71.6 Å². The second-order valence-corrected chi connectivity index (χ2v) is 8.85. The summed E-state index contributed by atoms with van der Waals surface area (Å²) >= 11 is 0. The van der Waals surface area contributed by atoms with Crippen molar-refractivity contribution < 1.29 is 22.3 Å². The molecule has 1 aliphatic heterocycles. The third kappa shape index (κ3) is 3.63. The number of methoxy groups -OCH3 is 1. The van der Waals surface area contributed by atoms with Crippen molar-refractivity contribution in [3.05, 3.63) is 83.7 Å². The van der Waals surface area contributed by atoms with Gasteiger partial charge in [0.2, 0.25) is 0 Å². The van der Waals surface area contributed by atoms with Gasteiger partial charge in [-0.2, -0.15) is 4.31 Å². The highest BCUT2D eigenvalue weighted by Crippen LogP contribution is 2.38. The summed E-state index contributed by atoms with van der Waals surface area (Å²) < 4.78 is 46.6. The summed E-state index contributed by atoms with van der Waals surface area (Å²) in [4.78, 5) is 14.8. The van der Waals surface area contributed by atoms with Gasteiger partial charge in [0.1, 0.15) is 4.90 Å². The Labute approximate surface area is 180 Å². The fourth-order valence-electron chi connectivity index (χ4n) is 3.57. The molecule has 4 rings (SSSR count). The number of nitrogens with zero attached hydrogens (tertiary/aromatic N) is 2. The van der Waals surface area contributed by atoms with Crippen molar-refractivity contribution in [3.8, 4) is 5.75 Å². The minimum Gasteiger partial charge on any atom is -0.494 e. The molecular formula is C23H21FN2O4S. The number of para-hydroxylation sites is 1. The maximum atomic E-state index is 14.2. The van der Waals surface area contributed by atoms with Crippen LogP contribution in [0.2, 0.25) is 0 Å². The molecule has 0 atom stereocenters. The Morgan fingerprint density at radius 2 is 1.65 bits per heavy atom. The normalized spacial score (nSPS) is 15.0. The lowest BCUT2D eigenvalue weighted by molar-refractivity contribution is 0.253. The lowest BCUT2D eigenvalue weighted by Gasteiger charge is -2.36. The average molecular weight is 440 g/mol. The Hall–Kier alpha value is -3.39. The predicted molar refractivity (Wildman–Crippen MR) is 116 cm³/mol. The third-order valence-electron chi connectivity index (χ3n) is 5.21. The number of amides is 2. The minimum atomic E-state index is -4.10. The summed E-state index contributed by atoms with van der Waals surface area (Å²) in [5, 5.41) is 0. The predicted octanol–water partition coefficient (Wildman–Crippen LogP) is 4.73. The van der Waals surface area contributed by atoms with Crippen LogP contribution in [0, 0.1) is 5.82 Å². The molecule has 0 fully saturated rings. The smallest absolute Gasteiger partial charge is 0.343 e. The van der Waals surface area contributed by atoms with Crippen LogP contribution in [0.4, 0.5) is 20.6 Å². The van der Waals surface area contributed by atoms with E-state index in [4.69, 9.17) is 4.74 Å². The van der Waals surface area contributed by atoms with Gasteiger partial charge in [0.05, 0.1) is 25.0 Å². The number of ether oxygens (including phenoxy) is 1. The van der Waals surface area contributed by atoms with E-state index in [2.05, 4.69) is 0 Å². The number of fused-ring (bicyclic) bond motifs is 1. The van der Waals surface area contributed by atoms with Crippen molar-refractivity contribution in [1.82, 2.24) is 0 Å². The first-order chi connectivity index (χ1) is 14.9. The maximum Gasteiger partial charge on any atom is 0.343 e. The van der Waals surface area contributed by atoms with Gasteiger partial charge < -0.3 is 4.74 Å². The summed E-state index contributed by atoms with van der Waals surface area (Å²) in [6.07, 6.45) is 0.791. The van der Waals surface area contributed by atoms with Crippen LogP contribution in [0.5, 0.6) is 5.75 Å². The Bertz CT molecular complexity index is 1240. The van der Waals surface area contributed by atoms with Gasteiger partial charge in [-0.25, -0.2) is 17.6 Å². The van der Waals surface area contributed by atoms with E-state index in [-0.39, 0.29) is 28.6 Å². The van der Waals surface area contributed by atoms with Gasteiger partial charge >= 0.3 is 6.03 Å². The van der Waals surface area contributed by atoms with E-state index >= 15 is 0 Å². The summed E-state index contributed by atoms with van der Waals surface area (Å²) in [5.41, 5.74) is 2.03. The highest BCUT2D eigenvalue weighted by atomic mass is 32.2. The van der Waals surface area contributed by atoms with Crippen molar-refractivity contribution in [1.29, 1.82) is 0 Å². The molecule has 0 unspecified atom stereocenters. The molecule has 0 aromatic heterocycles. The molecule has 3 aromatic carbocycles. The Kier molecular flexibility index (Phi) is 5.41. The Morgan fingerprint density at radius 1 is 0.968 bits per heavy atom. The molecular weight excluding hydrogens is 419 g/mol. The SMILES string of the molecule is CCc1ccc(N2C(=O)N(Cc3ccc(OC)c(F)c3)c3ccccc3S2(=O)=O)cc1. The van der Waals surface area contributed by atoms with Gasteiger partial charge in [0, 0.05) is 0 Å². The van der Waals surface area contributed by atoms with Crippen LogP contribution in [-0.4, -0.2) is 21.6 Å². The topological polar surface area (TPSA) is 66.9 Å². The molecule has 0 radical (unpaired) electrons. The molecule has 0 saturated heterocycles. The van der Waals surface area contributed by atoms with Crippen LogP contribution < -0.4 is 13.9 Å². The van der Waals surface area contributed by atoms with Crippen LogP contribution in [0.3, 0.4) is 0 Å². The molecule has 0 spiro atoms. The van der Waals surface area contributed by atoms with E-state index in [0.29, 0.717) is 5.56 Å². The number of rotatable bonds is 5. The monoisotopic (exact) mass is 440 g/mol. The van der Waals surface area contributed by atoms with Crippen molar-refractivity contribution >= 4 is 27.4 Å². The molecule has 0 aliphatic carbocycles. The van der Waals surface area contributed by atoms with Crippen molar-refractivity contribution in [3.63, 3.8) is 0 Å². The van der Waals surface area contributed by atoms with Gasteiger partial charge in [-0.05, 0) is 53.9 Å². The number of hydrogen-bond donors (Lipinski definition) is 0. The largest absolute Gasteiger partial charge is 0.494 e. The summed E-state index contributed by atoms with van der Waals surface area (Å²) in [6.45, 7) is 1.99. The van der Waals surface area contributed by atoms with E-state index < -0.39 is 21.9 Å². The molecule has 0 N–H and O–H groups in total. The number of carbonyl (C=O) groups excluding carboxylic acids is 1. The molecule has 3 aromatic rings. The maximum absolute atomic E-state index is 14.2. The Balaban J connectivity index is 1.81. The lowest BCUT2D eigenvalue weighted by atomic mass is 10.1. The van der Waals surface area contributed by atoms with Gasteiger partial charge in [-0.15, -0.1) is 0 Å². The van der Waals surface area contributed by atoms with Crippen molar-refractivity contribution in [2.24, 2.45) is 0 Å². The summed E-state index contributed by atoms with van der Waals surface area (Å²) in [7, 11) is -2.73. The number of sulfonamides is 1. The first-order valence-corrected chi connectivity index (χ1v) is 11.2. The highest BCUT2D eigenvalue weighted by Gasteiger charge is 2.42.